The molecule has 110 valence electrons. The quantitative estimate of drug-likeness (QED) is 0.775. The number of unbranched alkanes of at least 4 members (excludes halogenated alkanes) is 1. The first-order valence-electron chi connectivity index (χ1n) is 7.87. The average Bonchev–Trinajstić information content (AvgIpc) is 2.52. The third kappa shape index (κ3) is 5.74. The molecule has 1 aliphatic rings. The van der Waals surface area contributed by atoms with Gasteiger partial charge in [0.25, 0.3) is 0 Å². The maximum Gasteiger partial charge on any atom is 0.220 e. The van der Waals surface area contributed by atoms with Crippen LogP contribution < -0.4 is 5.32 Å². The molecular formula is C17H26N2O. The predicted octanol–water partition coefficient (Wildman–Crippen LogP) is 2.96. The summed E-state index contributed by atoms with van der Waals surface area (Å²) < 4.78 is 0. The van der Waals surface area contributed by atoms with E-state index in [0.717, 1.165) is 24.9 Å². The molecule has 0 radical (unpaired) electrons. The van der Waals surface area contributed by atoms with Crippen molar-refractivity contribution in [2.75, 3.05) is 19.6 Å². The number of likely N-dealkylation sites (tertiary alicyclic amines) is 1. The Labute approximate surface area is 122 Å². The molecule has 1 fully saturated rings. The van der Waals surface area contributed by atoms with Crippen LogP contribution in [0.2, 0.25) is 0 Å². The van der Waals surface area contributed by atoms with Crippen LogP contribution in [-0.4, -0.2) is 30.4 Å². The van der Waals surface area contributed by atoms with Gasteiger partial charge in [-0.3, -0.25) is 4.79 Å². The normalized spacial score (nSPS) is 16.0. The highest BCUT2D eigenvalue weighted by molar-refractivity contribution is 5.75. The second kappa shape index (κ2) is 8.75. The number of nitrogens with zero attached hydrogens (tertiary/aromatic N) is 1. The van der Waals surface area contributed by atoms with E-state index in [0.29, 0.717) is 13.0 Å². The predicted molar refractivity (Wildman–Crippen MR) is 82.4 cm³/mol. The maximum absolute atomic E-state index is 11.7. The van der Waals surface area contributed by atoms with E-state index in [1.165, 1.54) is 32.4 Å². The summed E-state index contributed by atoms with van der Waals surface area (Å²) >= 11 is 0. The first kappa shape index (κ1) is 15.0. The summed E-state index contributed by atoms with van der Waals surface area (Å²) in [6.45, 7) is 4.30. The zero-order chi connectivity index (χ0) is 14.0. The van der Waals surface area contributed by atoms with Gasteiger partial charge in [0.15, 0.2) is 0 Å². The van der Waals surface area contributed by atoms with Gasteiger partial charge in [-0.15, -0.1) is 0 Å². The fourth-order valence-corrected chi connectivity index (χ4v) is 2.69. The van der Waals surface area contributed by atoms with E-state index < -0.39 is 0 Å². The lowest BCUT2D eigenvalue weighted by Gasteiger charge is -2.26. The Kier molecular flexibility index (Phi) is 6.58. The largest absolute Gasteiger partial charge is 0.352 e. The molecule has 3 heteroatoms. The molecule has 0 bridgehead atoms. The Hall–Kier alpha value is -1.35. The summed E-state index contributed by atoms with van der Waals surface area (Å²) in [4.78, 5) is 14.3. The lowest BCUT2D eigenvalue weighted by atomic mass is 10.1. The Bertz CT molecular complexity index is 385. The van der Waals surface area contributed by atoms with Crippen LogP contribution in [0.1, 0.15) is 44.1 Å². The number of hydrogen-bond donors (Lipinski definition) is 1. The SMILES string of the molecule is O=C(CCCCN1CCCCC1)NCc1ccccc1. The van der Waals surface area contributed by atoms with Crippen molar-refractivity contribution in [3.63, 3.8) is 0 Å². The first-order chi connectivity index (χ1) is 9.84. The molecule has 0 atom stereocenters. The van der Waals surface area contributed by atoms with Crippen LogP contribution in [0, 0.1) is 0 Å². The van der Waals surface area contributed by atoms with Crippen LogP contribution in [0.5, 0.6) is 0 Å². The Morgan fingerprint density at radius 3 is 2.55 bits per heavy atom. The minimum absolute atomic E-state index is 0.174. The van der Waals surface area contributed by atoms with Crippen molar-refractivity contribution in [1.29, 1.82) is 0 Å². The van der Waals surface area contributed by atoms with Crippen molar-refractivity contribution < 1.29 is 4.79 Å². The zero-order valence-electron chi connectivity index (χ0n) is 12.3. The Morgan fingerprint density at radius 2 is 1.80 bits per heavy atom. The fourth-order valence-electron chi connectivity index (χ4n) is 2.69. The minimum atomic E-state index is 0.174. The summed E-state index contributed by atoms with van der Waals surface area (Å²) in [6, 6.07) is 10.1. The van der Waals surface area contributed by atoms with Crippen LogP contribution in [0.25, 0.3) is 0 Å². The van der Waals surface area contributed by atoms with Crippen LogP contribution in [-0.2, 0) is 11.3 Å². The number of carbonyl (C=O) groups excluding carboxylic acids is 1. The zero-order valence-corrected chi connectivity index (χ0v) is 12.3. The molecule has 1 aliphatic heterocycles. The number of piperidine rings is 1. The molecule has 0 saturated carbocycles. The number of carbonyl (C=O) groups is 1. The molecule has 1 aromatic rings. The van der Waals surface area contributed by atoms with E-state index in [1.807, 2.05) is 30.3 Å². The third-order valence-corrected chi connectivity index (χ3v) is 3.91. The van der Waals surface area contributed by atoms with Crippen LogP contribution >= 0.6 is 0 Å². The molecule has 1 saturated heterocycles. The van der Waals surface area contributed by atoms with E-state index in [-0.39, 0.29) is 5.91 Å². The topological polar surface area (TPSA) is 32.3 Å². The van der Waals surface area contributed by atoms with Crippen molar-refractivity contribution in [2.24, 2.45) is 0 Å². The number of amides is 1. The fraction of sp³-hybridized carbons (Fsp3) is 0.588. The van der Waals surface area contributed by atoms with Gasteiger partial charge >= 0.3 is 0 Å². The Balaban J connectivity index is 1.51. The van der Waals surface area contributed by atoms with Crippen molar-refractivity contribution in [3.8, 4) is 0 Å². The van der Waals surface area contributed by atoms with Gasteiger partial charge in [-0.2, -0.15) is 0 Å². The van der Waals surface area contributed by atoms with Crippen molar-refractivity contribution in [1.82, 2.24) is 10.2 Å². The molecule has 1 aromatic carbocycles. The van der Waals surface area contributed by atoms with Gasteiger partial charge in [0.05, 0.1) is 0 Å². The van der Waals surface area contributed by atoms with Gasteiger partial charge < -0.3 is 10.2 Å². The molecule has 1 N–H and O–H groups in total. The van der Waals surface area contributed by atoms with Crippen LogP contribution in [0.15, 0.2) is 30.3 Å². The number of hydrogen-bond acceptors (Lipinski definition) is 2. The van der Waals surface area contributed by atoms with Crippen molar-refractivity contribution in [2.45, 2.75) is 45.1 Å². The van der Waals surface area contributed by atoms with E-state index in [1.54, 1.807) is 0 Å². The standard InChI is InChI=1S/C17H26N2O/c20-17(18-15-16-9-3-1-4-10-16)11-5-8-14-19-12-6-2-7-13-19/h1,3-4,9-10H,2,5-8,11-15H2,(H,18,20). The van der Waals surface area contributed by atoms with Crippen molar-refractivity contribution in [3.05, 3.63) is 35.9 Å². The van der Waals surface area contributed by atoms with Gasteiger partial charge in [-0.1, -0.05) is 36.8 Å². The van der Waals surface area contributed by atoms with Gasteiger partial charge in [0.2, 0.25) is 5.91 Å². The van der Waals surface area contributed by atoms with E-state index in [9.17, 15) is 4.79 Å². The van der Waals surface area contributed by atoms with Gasteiger partial charge in [0, 0.05) is 13.0 Å². The molecular weight excluding hydrogens is 248 g/mol. The number of benzene rings is 1. The highest BCUT2D eigenvalue weighted by Gasteiger charge is 2.09. The minimum Gasteiger partial charge on any atom is -0.352 e. The summed E-state index contributed by atoms with van der Waals surface area (Å²) in [6.07, 6.45) is 6.87. The second-order valence-corrected chi connectivity index (χ2v) is 5.62. The van der Waals surface area contributed by atoms with Crippen LogP contribution in [0.4, 0.5) is 0 Å². The summed E-state index contributed by atoms with van der Waals surface area (Å²) in [5, 5.41) is 2.98. The third-order valence-electron chi connectivity index (χ3n) is 3.91. The first-order valence-corrected chi connectivity index (χ1v) is 7.87. The number of nitrogens with one attached hydrogen (secondary N) is 1. The smallest absolute Gasteiger partial charge is 0.220 e. The number of rotatable bonds is 7. The highest BCUT2D eigenvalue weighted by Crippen LogP contribution is 2.09. The summed E-state index contributed by atoms with van der Waals surface area (Å²) in [5.41, 5.74) is 1.16. The monoisotopic (exact) mass is 274 g/mol. The molecule has 0 unspecified atom stereocenters. The van der Waals surface area contributed by atoms with Gasteiger partial charge in [-0.25, -0.2) is 0 Å². The molecule has 20 heavy (non-hydrogen) atoms. The van der Waals surface area contributed by atoms with E-state index >= 15 is 0 Å². The molecule has 2 rings (SSSR count). The van der Waals surface area contributed by atoms with Gasteiger partial charge in [-0.05, 0) is 50.9 Å². The van der Waals surface area contributed by atoms with Crippen molar-refractivity contribution >= 4 is 5.91 Å². The molecule has 0 spiro atoms. The lowest BCUT2D eigenvalue weighted by Crippen LogP contribution is -2.30. The average molecular weight is 274 g/mol. The van der Waals surface area contributed by atoms with Gasteiger partial charge in [0.1, 0.15) is 0 Å². The Morgan fingerprint density at radius 1 is 1.05 bits per heavy atom. The van der Waals surface area contributed by atoms with E-state index in [4.69, 9.17) is 0 Å². The highest BCUT2D eigenvalue weighted by atomic mass is 16.1. The summed E-state index contributed by atoms with van der Waals surface area (Å²) in [5.74, 6) is 0.174. The molecule has 0 aromatic heterocycles. The lowest BCUT2D eigenvalue weighted by molar-refractivity contribution is -0.121. The van der Waals surface area contributed by atoms with Crippen LogP contribution in [0.3, 0.4) is 0 Å². The van der Waals surface area contributed by atoms with E-state index in [2.05, 4.69) is 10.2 Å². The molecule has 1 amide bonds. The molecule has 3 nitrogen and oxygen atoms in total. The molecule has 0 aliphatic carbocycles. The maximum atomic E-state index is 11.7. The summed E-state index contributed by atoms with van der Waals surface area (Å²) in [7, 11) is 0. The molecule has 1 heterocycles. The second-order valence-electron chi connectivity index (χ2n) is 5.62.